The monoisotopic (exact) mass is 269 g/mol. The number of primary amides is 1. The van der Waals surface area contributed by atoms with E-state index in [1.54, 1.807) is 13.8 Å². The van der Waals surface area contributed by atoms with E-state index >= 15 is 0 Å². The molecule has 1 aromatic heterocycles. The maximum Gasteiger partial charge on any atom is 0.326 e. The molecule has 2 amide bonds. The van der Waals surface area contributed by atoms with E-state index < -0.39 is 30.2 Å². The number of aliphatic carboxylic acids is 1. The molecule has 1 atom stereocenters. The molecule has 0 radical (unpaired) electrons. The molecule has 0 saturated carbocycles. The fourth-order valence-electron chi connectivity index (χ4n) is 1.56. The highest BCUT2D eigenvalue weighted by Crippen LogP contribution is 2.12. The third-order valence-electron chi connectivity index (χ3n) is 2.56. The largest absolute Gasteiger partial charge is 0.480 e. The van der Waals surface area contributed by atoms with Crippen LogP contribution in [0.4, 0.5) is 0 Å². The molecule has 0 bridgehead atoms. The standard InChI is InChI=1S/C11H15N3O5/c1-5-7(6(2)19-14-5)3-10(16)13-8(11(17)18)4-9(12)15/h8H,3-4H2,1-2H3,(H2,12,15)(H,13,16)(H,17,18). The van der Waals surface area contributed by atoms with Gasteiger partial charge in [-0.15, -0.1) is 0 Å². The predicted octanol–water partition coefficient (Wildman–Crippen LogP) is -0.721. The molecular formula is C11H15N3O5. The lowest BCUT2D eigenvalue weighted by molar-refractivity contribution is -0.143. The highest BCUT2D eigenvalue weighted by Gasteiger charge is 2.23. The quantitative estimate of drug-likeness (QED) is 0.623. The van der Waals surface area contributed by atoms with Gasteiger partial charge in [0.05, 0.1) is 18.5 Å². The van der Waals surface area contributed by atoms with E-state index in [9.17, 15) is 14.4 Å². The highest BCUT2D eigenvalue weighted by atomic mass is 16.5. The number of aromatic nitrogens is 1. The van der Waals surface area contributed by atoms with Crippen LogP contribution in [0.2, 0.25) is 0 Å². The number of carbonyl (C=O) groups is 3. The van der Waals surface area contributed by atoms with Crippen LogP contribution in [0.5, 0.6) is 0 Å². The third kappa shape index (κ3) is 4.09. The number of nitrogens with two attached hydrogens (primary N) is 1. The lowest BCUT2D eigenvalue weighted by Gasteiger charge is -2.12. The second-order valence-electron chi connectivity index (χ2n) is 4.11. The number of nitrogens with one attached hydrogen (secondary N) is 1. The summed E-state index contributed by atoms with van der Waals surface area (Å²) in [4.78, 5) is 33.3. The normalized spacial score (nSPS) is 11.9. The van der Waals surface area contributed by atoms with E-state index in [4.69, 9.17) is 15.4 Å². The van der Waals surface area contributed by atoms with Crippen molar-refractivity contribution >= 4 is 17.8 Å². The lowest BCUT2D eigenvalue weighted by atomic mass is 10.1. The number of hydrogen-bond acceptors (Lipinski definition) is 5. The molecule has 104 valence electrons. The fraction of sp³-hybridized carbons (Fsp3) is 0.455. The number of hydrogen-bond donors (Lipinski definition) is 3. The van der Waals surface area contributed by atoms with Gasteiger partial charge in [-0.2, -0.15) is 0 Å². The van der Waals surface area contributed by atoms with Crippen molar-refractivity contribution in [3.63, 3.8) is 0 Å². The van der Waals surface area contributed by atoms with E-state index in [1.807, 2.05) is 0 Å². The molecule has 1 heterocycles. The van der Waals surface area contributed by atoms with Crippen molar-refractivity contribution in [3.05, 3.63) is 17.0 Å². The Morgan fingerprint density at radius 2 is 2.05 bits per heavy atom. The minimum absolute atomic E-state index is 0.0658. The predicted molar refractivity (Wildman–Crippen MR) is 63.1 cm³/mol. The van der Waals surface area contributed by atoms with Gasteiger partial charge in [0.1, 0.15) is 11.8 Å². The van der Waals surface area contributed by atoms with E-state index in [-0.39, 0.29) is 6.42 Å². The number of aryl methyl sites for hydroxylation is 2. The summed E-state index contributed by atoms with van der Waals surface area (Å²) in [5.41, 5.74) is 6.07. The number of rotatable bonds is 6. The van der Waals surface area contributed by atoms with Gasteiger partial charge in [-0.3, -0.25) is 9.59 Å². The van der Waals surface area contributed by atoms with Crippen LogP contribution in [0.3, 0.4) is 0 Å². The fourth-order valence-corrected chi connectivity index (χ4v) is 1.56. The Kier molecular flexibility index (Phi) is 4.62. The number of nitrogens with zero attached hydrogens (tertiary/aromatic N) is 1. The molecule has 1 rings (SSSR count). The van der Waals surface area contributed by atoms with Gasteiger partial charge < -0.3 is 20.7 Å². The van der Waals surface area contributed by atoms with Crippen LogP contribution in [-0.4, -0.2) is 34.1 Å². The first-order valence-electron chi connectivity index (χ1n) is 5.53. The van der Waals surface area contributed by atoms with Crippen molar-refractivity contribution in [2.45, 2.75) is 32.7 Å². The maximum atomic E-state index is 11.7. The molecule has 8 heteroatoms. The van der Waals surface area contributed by atoms with E-state index in [2.05, 4.69) is 10.5 Å². The topological polar surface area (TPSA) is 136 Å². The zero-order chi connectivity index (χ0) is 14.6. The number of carbonyl (C=O) groups excluding carboxylic acids is 2. The molecule has 0 aliphatic carbocycles. The Balaban J connectivity index is 2.68. The molecule has 1 unspecified atom stereocenters. The Bertz CT molecular complexity index is 489. The average molecular weight is 269 g/mol. The molecule has 0 aliphatic heterocycles. The Hall–Kier alpha value is -2.38. The summed E-state index contributed by atoms with van der Waals surface area (Å²) < 4.78 is 4.89. The SMILES string of the molecule is Cc1noc(C)c1CC(=O)NC(CC(N)=O)C(=O)O. The first-order chi connectivity index (χ1) is 8.81. The van der Waals surface area contributed by atoms with Gasteiger partial charge >= 0.3 is 5.97 Å². The Morgan fingerprint density at radius 1 is 1.42 bits per heavy atom. The minimum atomic E-state index is -1.33. The van der Waals surface area contributed by atoms with Crippen LogP contribution >= 0.6 is 0 Å². The number of amides is 2. The summed E-state index contributed by atoms with van der Waals surface area (Å²) >= 11 is 0. The van der Waals surface area contributed by atoms with Crippen molar-refractivity contribution in [2.24, 2.45) is 5.73 Å². The summed E-state index contributed by atoms with van der Waals surface area (Å²) in [5.74, 6) is -2.16. The molecule has 1 aromatic rings. The summed E-state index contributed by atoms with van der Waals surface area (Å²) in [5, 5.41) is 14.8. The van der Waals surface area contributed by atoms with Crippen molar-refractivity contribution in [2.75, 3.05) is 0 Å². The Labute approximate surface area is 108 Å². The minimum Gasteiger partial charge on any atom is -0.480 e. The molecular weight excluding hydrogens is 254 g/mol. The van der Waals surface area contributed by atoms with E-state index in [1.165, 1.54) is 0 Å². The zero-order valence-electron chi connectivity index (χ0n) is 10.6. The van der Waals surface area contributed by atoms with Gasteiger partial charge in [-0.25, -0.2) is 4.79 Å². The number of carboxylic acids is 1. The van der Waals surface area contributed by atoms with Crippen molar-refractivity contribution in [1.29, 1.82) is 0 Å². The molecule has 0 fully saturated rings. The van der Waals surface area contributed by atoms with Gasteiger partial charge in [0.2, 0.25) is 11.8 Å². The summed E-state index contributed by atoms with van der Waals surface area (Å²) in [7, 11) is 0. The van der Waals surface area contributed by atoms with Gasteiger partial charge in [-0.1, -0.05) is 5.16 Å². The van der Waals surface area contributed by atoms with Gasteiger partial charge in [0.25, 0.3) is 0 Å². The Morgan fingerprint density at radius 3 is 2.47 bits per heavy atom. The van der Waals surface area contributed by atoms with Crippen LogP contribution in [0.25, 0.3) is 0 Å². The molecule has 0 saturated heterocycles. The molecule has 8 nitrogen and oxygen atoms in total. The van der Waals surface area contributed by atoms with Gasteiger partial charge in [0, 0.05) is 5.56 Å². The van der Waals surface area contributed by atoms with E-state index in [0.717, 1.165) is 0 Å². The molecule has 19 heavy (non-hydrogen) atoms. The summed E-state index contributed by atoms with van der Waals surface area (Å²) in [6, 6.07) is -1.33. The van der Waals surface area contributed by atoms with Gasteiger partial charge in [0.15, 0.2) is 0 Å². The third-order valence-corrected chi connectivity index (χ3v) is 2.56. The van der Waals surface area contributed by atoms with Gasteiger partial charge in [-0.05, 0) is 13.8 Å². The first-order valence-corrected chi connectivity index (χ1v) is 5.53. The maximum absolute atomic E-state index is 11.7. The molecule has 0 aromatic carbocycles. The van der Waals surface area contributed by atoms with Crippen molar-refractivity contribution in [1.82, 2.24) is 10.5 Å². The van der Waals surface area contributed by atoms with Crippen LogP contribution in [0.15, 0.2) is 4.52 Å². The van der Waals surface area contributed by atoms with E-state index in [0.29, 0.717) is 17.0 Å². The summed E-state index contributed by atoms with van der Waals surface area (Å²) in [6.07, 6.45) is -0.521. The van der Waals surface area contributed by atoms with Crippen LogP contribution in [-0.2, 0) is 20.8 Å². The van der Waals surface area contributed by atoms with Crippen LogP contribution in [0, 0.1) is 13.8 Å². The van der Waals surface area contributed by atoms with Crippen molar-refractivity contribution in [3.8, 4) is 0 Å². The smallest absolute Gasteiger partial charge is 0.326 e. The average Bonchev–Trinajstić information content (AvgIpc) is 2.59. The highest BCUT2D eigenvalue weighted by molar-refractivity contribution is 5.88. The summed E-state index contributed by atoms with van der Waals surface area (Å²) in [6.45, 7) is 3.33. The molecule has 4 N–H and O–H groups in total. The van der Waals surface area contributed by atoms with Crippen LogP contribution < -0.4 is 11.1 Å². The zero-order valence-corrected chi connectivity index (χ0v) is 10.6. The second kappa shape index (κ2) is 5.98. The lowest BCUT2D eigenvalue weighted by Crippen LogP contribution is -2.44. The molecule has 0 spiro atoms. The second-order valence-corrected chi connectivity index (χ2v) is 4.11. The number of carboxylic acid groups (broad SMARTS) is 1. The molecule has 0 aliphatic rings. The van der Waals surface area contributed by atoms with Crippen molar-refractivity contribution < 1.29 is 24.0 Å². The van der Waals surface area contributed by atoms with Crippen LogP contribution in [0.1, 0.15) is 23.4 Å². The first kappa shape index (κ1) is 14.7.